The Morgan fingerprint density at radius 2 is 1.88 bits per heavy atom. The molecule has 6 atom stereocenters. The van der Waals surface area contributed by atoms with Crippen molar-refractivity contribution in [3.8, 4) is 0 Å². The van der Waals surface area contributed by atoms with Crippen LogP contribution >= 0.6 is 0 Å². The van der Waals surface area contributed by atoms with Crippen LogP contribution in [0.1, 0.15) is 46.5 Å². The number of rotatable bonds is 1. The number of carbonyl (C=O) groups is 2. The van der Waals surface area contributed by atoms with Crippen LogP contribution in [-0.4, -0.2) is 44.6 Å². The summed E-state index contributed by atoms with van der Waals surface area (Å²) in [6, 6.07) is 0. The first-order valence-corrected chi connectivity index (χ1v) is 9.17. The van der Waals surface area contributed by atoms with E-state index >= 15 is 0 Å². The highest BCUT2D eigenvalue weighted by molar-refractivity contribution is 6.10. The Morgan fingerprint density at radius 1 is 1.23 bits per heavy atom. The maximum absolute atomic E-state index is 13.3. The van der Waals surface area contributed by atoms with Gasteiger partial charge in [0, 0.05) is 11.0 Å². The van der Waals surface area contributed by atoms with Crippen molar-refractivity contribution in [2.75, 3.05) is 0 Å². The Hall–Kier alpha value is -1.50. The maximum Gasteiger partial charge on any atom is 0.318 e. The second-order valence-corrected chi connectivity index (χ2v) is 9.42. The van der Waals surface area contributed by atoms with Crippen LogP contribution in [-0.2, 0) is 14.3 Å². The summed E-state index contributed by atoms with van der Waals surface area (Å²) in [6.07, 6.45) is 3.49. The smallest absolute Gasteiger partial charge is 0.318 e. The van der Waals surface area contributed by atoms with Gasteiger partial charge in [0.1, 0.15) is 11.0 Å². The molecule has 26 heavy (non-hydrogen) atoms. The number of ketones is 1. The normalized spacial score (nSPS) is 51.8. The fraction of sp³-hybridized carbons (Fsp3) is 0.700. The summed E-state index contributed by atoms with van der Waals surface area (Å²) < 4.78 is 5.30. The van der Waals surface area contributed by atoms with Crippen LogP contribution in [0, 0.1) is 22.2 Å². The van der Waals surface area contributed by atoms with Crippen molar-refractivity contribution in [1.82, 2.24) is 0 Å². The largest absolute Gasteiger partial charge is 0.424 e. The van der Waals surface area contributed by atoms with Gasteiger partial charge in [-0.05, 0) is 24.7 Å². The quantitative estimate of drug-likeness (QED) is 0.479. The van der Waals surface area contributed by atoms with Gasteiger partial charge >= 0.3 is 5.97 Å². The molecule has 6 nitrogen and oxygen atoms in total. The Bertz CT molecular complexity index is 768. The highest BCUT2D eigenvalue weighted by Gasteiger charge is 2.85. The van der Waals surface area contributed by atoms with Gasteiger partial charge in [0.2, 0.25) is 5.78 Å². The molecule has 0 aromatic rings. The van der Waals surface area contributed by atoms with Crippen molar-refractivity contribution in [1.29, 1.82) is 0 Å². The van der Waals surface area contributed by atoms with E-state index in [-0.39, 0.29) is 18.4 Å². The molecule has 1 saturated heterocycles. The first-order chi connectivity index (χ1) is 11.9. The van der Waals surface area contributed by atoms with E-state index < -0.39 is 51.4 Å². The third kappa shape index (κ3) is 1.65. The van der Waals surface area contributed by atoms with Gasteiger partial charge < -0.3 is 20.1 Å². The zero-order chi connectivity index (χ0) is 19.3. The molecule has 0 spiro atoms. The highest BCUT2D eigenvalue weighted by atomic mass is 16.7. The van der Waals surface area contributed by atoms with Crippen LogP contribution in [0.15, 0.2) is 24.3 Å². The lowest BCUT2D eigenvalue weighted by molar-refractivity contribution is -0.247. The number of allylic oxidation sites excluding steroid dienone is 2. The van der Waals surface area contributed by atoms with E-state index in [0.29, 0.717) is 12.8 Å². The van der Waals surface area contributed by atoms with Gasteiger partial charge in [0.05, 0.1) is 12.0 Å². The van der Waals surface area contributed by atoms with E-state index in [2.05, 4.69) is 6.58 Å². The Morgan fingerprint density at radius 3 is 2.50 bits per heavy atom. The van der Waals surface area contributed by atoms with E-state index in [0.717, 1.165) is 0 Å². The molecule has 0 aromatic heterocycles. The molecule has 4 aliphatic rings. The number of hydrogen-bond donors (Lipinski definition) is 3. The summed E-state index contributed by atoms with van der Waals surface area (Å²) in [6.45, 7) is 9.28. The number of carbonyl (C=O) groups excluding carboxylic acids is 2. The lowest BCUT2D eigenvalue weighted by atomic mass is 9.42. The second-order valence-electron chi connectivity index (χ2n) is 9.42. The van der Waals surface area contributed by atoms with Crippen LogP contribution < -0.4 is 0 Å². The van der Waals surface area contributed by atoms with Gasteiger partial charge in [0.25, 0.3) is 5.79 Å². The van der Waals surface area contributed by atoms with Crippen LogP contribution in [0.3, 0.4) is 0 Å². The molecule has 1 unspecified atom stereocenters. The molecule has 0 aromatic carbocycles. The zero-order valence-corrected chi connectivity index (χ0v) is 15.4. The first-order valence-electron chi connectivity index (χ1n) is 9.17. The summed E-state index contributed by atoms with van der Waals surface area (Å²) in [5, 5.41) is 34.0. The van der Waals surface area contributed by atoms with Crippen LogP contribution in [0.2, 0.25) is 0 Å². The summed E-state index contributed by atoms with van der Waals surface area (Å²) in [4.78, 5) is 26.3. The zero-order valence-electron chi connectivity index (χ0n) is 15.4. The fourth-order valence-corrected chi connectivity index (χ4v) is 6.25. The minimum Gasteiger partial charge on any atom is -0.424 e. The third-order valence-corrected chi connectivity index (χ3v) is 7.39. The predicted octanol–water partition coefficient (Wildman–Crippen LogP) is 1.24. The van der Waals surface area contributed by atoms with Gasteiger partial charge in [-0.2, -0.15) is 0 Å². The van der Waals surface area contributed by atoms with Gasteiger partial charge in [0.15, 0.2) is 0 Å². The number of aliphatic hydroxyl groups is 3. The SMILES string of the molecule is C=C[C@@]1(C)C=C2C(=O)[C@@]3(O)OC(=O)[C@@]4(CCCC(C)(C)C34)[C@@]2(O)[C@H](O)C1. The van der Waals surface area contributed by atoms with E-state index in [1.807, 2.05) is 13.8 Å². The molecule has 1 aliphatic heterocycles. The van der Waals surface area contributed by atoms with Crippen molar-refractivity contribution >= 4 is 11.8 Å². The molecule has 3 N–H and O–H groups in total. The lowest BCUT2D eigenvalue weighted by Crippen LogP contribution is -2.74. The second kappa shape index (κ2) is 4.66. The van der Waals surface area contributed by atoms with Crippen LogP contribution in [0.4, 0.5) is 0 Å². The third-order valence-electron chi connectivity index (χ3n) is 7.39. The van der Waals surface area contributed by atoms with Crippen LogP contribution in [0.5, 0.6) is 0 Å². The van der Waals surface area contributed by atoms with E-state index in [1.165, 1.54) is 0 Å². The maximum atomic E-state index is 13.3. The minimum absolute atomic E-state index is 0.124. The van der Waals surface area contributed by atoms with Gasteiger partial charge in [-0.3, -0.25) is 9.59 Å². The van der Waals surface area contributed by atoms with Crippen molar-refractivity contribution in [3.05, 3.63) is 24.3 Å². The van der Waals surface area contributed by atoms with Gasteiger partial charge in [-0.15, -0.1) is 6.58 Å². The highest BCUT2D eigenvalue weighted by Crippen LogP contribution is 2.71. The average molecular weight is 362 g/mol. The summed E-state index contributed by atoms with van der Waals surface area (Å²) in [5.41, 5.74) is -5.08. The molecule has 3 aliphatic carbocycles. The number of esters is 1. The molecule has 4 rings (SSSR count). The van der Waals surface area contributed by atoms with Gasteiger partial charge in [-0.1, -0.05) is 39.3 Å². The molecule has 142 valence electrons. The molecule has 3 fully saturated rings. The van der Waals surface area contributed by atoms with Crippen molar-refractivity contribution in [2.24, 2.45) is 22.2 Å². The molecular weight excluding hydrogens is 336 g/mol. The molecular formula is C20H26O6. The molecule has 0 radical (unpaired) electrons. The predicted molar refractivity (Wildman–Crippen MR) is 91.6 cm³/mol. The van der Waals surface area contributed by atoms with Crippen molar-refractivity contribution in [3.63, 3.8) is 0 Å². The molecule has 1 heterocycles. The average Bonchev–Trinajstić information content (AvgIpc) is 2.78. The molecule has 0 amide bonds. The number of ether oxygens (including phenoxy) is 1. The first kappa shape index (κ1) is 17.9. The van der Waals surface area contributed by atoms with Crippen LogP contribution in [0.25, 0.3) is 0 Å². The Kier molecular flexibility index (Phi) is 3.21. The summed E-state index contributed by atoms with van der Waals surface area (Å²) in [5.74, 6) is -4.84. The van der Waals surface area contributed by atoms with E-state index in [1.54, 1.807) is 19.1 Å². The monoisotopic (exact) mass is 362 g/mol. The summed E-state index contributed by atoms with van der Waals surface area (Å²) >= 11 is 0. The Labute approximate surface area is 152 Å². The van der Waals surface area contributed by atoms with E-state index in [4.69, 9.17) is 4.74 Å². The topological polar surface area (TPSA) is 104 Å². The molecule has 2 saturated carbocycles. The fourth-order valence-electron chi connectivity index (χ4n) is 6.25. The number of aliphatic hydroxyl groups excluding tert-OH is 1. The molecule has 2 bridgehead atoms. The number of Topliss-reactive ketones (excluding diaryl/α,β-unsaturated/α-hetero) is 1. The standard InChI is InChI=1S/C20H26O6/c1-5-17(4)9-11-13(22)20(25)14-16(2,3)7-6-8-18(14,15(23)26-20)19(11,24)12(21)10-17/h5,9,12,14,21,24-25H,1,6-8,10H2,2-4H3/t12-,14?,17+,18+,19+,20-/m1/s1. The van der Waals surface area contributed by atoms with Gasteiger partial charge in [-0.25, -0.2) is 0 Å². The minimum atomic E-state index is -2.31. The molecule has 6 heteroatoms. The lowest BCUT2D eigenvalue weighted by Gasteiger charge is -2.60. The number of fused-ring (bicyclic) bond motifs is 1. The van der Waals surface area contributed by atoms with Crippen molar-refractivity contribution in [2.45, 2.75) is 63.9 Å². The van der Waals surface area contributed by atoms with Crippen molar-refractivity contribution < 1.29 is 29.6 Å². The number of hydrogen-bond acceptors (Lipinski definition) is 6. The summed E-state index contributed by atoms with van der Waals surface area (Å²) in [7, 11) is 0. The van der Waals surface area contributed by atoms with E-state index in [9.17, 15) is 24.9 Å². The Balaban J connectivity index is 2.07.